The summed E-state index contributed by atoms with van der Waals surface area (Å²) in [5, 5.41) is 54.3. The Balaban J connectivity index is 1.92. The van der Waals surface area contributed by atoms with Crippen molar-refractivity contribution in [2.75, 3.05) is 19.8 Å². The maximum Gasteiger partial charge on any atom is 0.305 e. The number of hydrogen-bond acceptors (Lipinski definition) is 10. The normalized spacial score (nSPS) is 18.5. The molecule has 0 radical (unpaired) electrons. The van der Waals surface area contributed by atoms with Gasteiger partial charge in [-0.05, 0) is 57.8 Å². The van der Waals surface area contributed by atoms with Gasteiger partial charge in [0, 0.05) is 12.8 Å². The smallest absolute Gasteiger partial charge is 0.305 e. The lowest BCUT2D eigenvalue weighted by molar-refractivity contribution is -0.302. The topological polar surface area (TPSA) is 175 Å². The summed E-state index contributed by atoms with van der Waals surface area (Å²) in [4.78, 5) is 25.1. The van der Waals surface area contributed by atoms with Crippen molar-refractivity contribution < 1.29 is 49.3 Å². The molecule has 466 valence electrons. The van der Waals surface area contributed by atoms with E-state index in [0.29, 0.717) is 19.4 Å². The van der Waals surface area contributed by atoms with Gasteiger partial charge in [0.2, 0.25) is 5.91 Å². The lowest BCUT2D eigenvalue weighted by atomic mass is 9.99. The Hall–Kier alpha value is -1.86. The lowest BCUT2D eigenvalue weighted by Gasteiger charge is -2.40. The summed E-state index contributed by atoms with van der Waals surface area (Å²) in [6, 6.07) is -0.807. The van der Waals surface area contributed by atoms with Crippen LogP contribution in [0.25, 0.3) is 0 Å². The van der Waals surface area contributed by atoms with Crippen LogP contribution in [-0.4, -0.2) is 100 Å². The zero-order valence-electron chi connectivity index (χ0n) is 51.6. The minimum atomic E-state index is -1.57. The third-order valence-electron chi connectivity index (χ3n) is 16.3. The second-order valence-electron chi connectivity index (χ2n) is 23.9. The molecule has 1 aliphatic heterocycles. The van der Waals surface area contributed by atoms with Crippen molar-refractivity contribution in [3.8, 4) is 0 Å². The molecule has 7 atom stereocenters. The Morgan fingerprint density at radius 2 is 0.810 bits per heavy atom. The number of hydrogen-bond donors (Lipinski definition) is 6. The second-order valence-corrected chi connectivity index (χ2v) is 23.9. The fraction of sp³-hybridized carbons (Fsp3) is 0.912. The third kappa shape index (κ3) is 47.2. The summed E-state index contributed by atoms with van der Waals surface area (Å²) in [6.45, 7) is 4.34. The predicted molar refractivity (Wildman–Crippen MR) is 329 cm³/mol. The van der Waals surface area contributed by atoms with Crippen molar-refractivity contribution in [3.05, 3.63) is 24.3 Å². The number of ether oxygens (including phenoxy) is 3. The highest BCUT2D eigenvalue weighted by Gasteiger charge is 2.44. The summed E-state index contributed by atoms with van der Waals surface area (Å²) < 4.78 is 16.7. The summed E-state index contributed by atoms with van der Waals surface area (Å²) in [5.41, 5.74) is 0. The standard InChI is InChI=1S/C68H129NO10/c1-3-5-7-9-11-13-14-15-16-17-27-30-33-36-40-44-48-52-56-64(73)77-57-53-49-45-41-37-34-31-28-25-23-21-19-18-20-22-24-26-29-32-35-39-43-47-51-55-63(72)69-60(61(71)54-50-46-42-38-12-10-8-6-4-2)59-78-68-67(76)66(75)65(74)62(58-70)79-68/h16-17,50,54,60-62,65-68,70-71,74-76H,3-15,18-49,51-53,55-59H2,1-2H3,(H,69,72)/b17-16-,54-50+. The van der Waals surface area contributed by atoms with Crippen LogP contribution >= 0.6 is 0 Å². The molecule has 1 aliphatic rings. The van der Waals surface area contributed by atoms with Crippen LogP contribution in [0.1, 0.15) is 335 Å². The van der Waals surface area contributed by atoms with Crippen LogP contribution in [0.3, 0.4) is 0 Å². The highest BCUT2D eigenvalue weighted by atomic mass is 16.7. The Morgan fingerprint density at radius 1 is 0.456 bits per heavy atom. The highest BCUT2D eigenvalue weighted by Crippen LogP contribution is 2.23. The van der Waals surface area contributed by atoms with Crippen LogP contribution in [0.15, 0.2) is 24.3 Å². The van der Waals surface area contributed by atoms with Crippen molar-refractivity contribution in [1.29, 1.82) is 0 Å². The van der Waals surface area contributed by atoms with Crippen molar-refractivity contribution in [2.24, 2.45) is 0 Å². The first-order valence-electron chi connectivity index (χ1n) is 34.1. The number of aliphatic hydroxyl groups is 5. The zero-order chi connectivity index (χ0) is 57.3. The molecule has 1 saturated heterocycles. The number of carbonyl (C=O) groups is 2. The predicted octanol–water partition coefficient (Wildman–Crippen LogP) is 16.8. The van der Waals surface area contributed by atoms with Gasteiger partial charge in [0.25, 0.3) is 0 Å². The SMILES string of the molecule is CCCCCCCCC/C=C\CCCCCCCCCC(=O)OCCCCCCCCCCCCCCCCCCCCCCCCCCC(=O)NC(COC1OC(CO)C(O)C(O)C1O)C(O)/C=C/CCCCCCCCC. The number of carbonyl (C=O) groups excluding carboxylic acids is 2. The summed E-state index contributed by atoms with van der Waals surface area (Å²) in [5.74, 6) is -0.180. The van der Waals surface area contributed by atoms with Gasteiger partial charge in [-0.2, -0.15) is 0 Å². The Morgan fingerprint density at radius 3 is 1.22 bits per heavy atom. The number of amides is 1. The molecule has 0 aromatic heterocycles. The van der Waals surface area contributed by atoms with Crippen molar-refractivity contribution >= 4 is 11.9 Å². The molecule has 1 heterocycles. The molecule has 0 saturated carbocycles. The van der Waals surface area contributed by atoms with Crippen LogP contribution in [0, 0.1) is 0 Å². The van der Waals surface area contributed by atoms with E-state index in [9.17, 15) is 35.1 Å². The maximum absolute atomic E-state index is 13.0. The van der Waals surface area contributed by atoms with Crippen LogP contribution in [-0.2, 0) is 23.8 Å². The first kappa shape index (κ1) is 75.2. The van der Waals surface area contributed by atoms with Crippen molar-refractivity contribution in [3.63, 3.8) is 0 Å². The van der Waals surface area contributed by atoms with E-state index in [1.807, 2.05) is 6.08 Å². The Kier molecular flexibility index (Phi) is 55.1. The number of nitrogens with one attached hydrogen (secondary N) is 1. The van der Waals surface area contributed by atoms with E-state index in [-0.39, 0.29) is 18.5 Å². The van der Waals surface area contributed by atoms with Crippen LogP contribution < -0.4 is 5.32 Å². The molecule has 0 bridgehead atoms. The molecule has 11 nitrogen and oxygen atoms in total. The minimum absolute atomic E-state index is 0.00186. The average Bonchev–Trinajstić information content (AvgIpc) is 3.47. The van der Waals surface area contributed by atoms with Gasteiger partial charge >= 0.3 is 5.97 Å². The molecule has 0 spiro atoms. The van der Waals surface area contributed by atoms with Crippen molar-refractivity contribution in [1.82, 2.24) is 5.32 Å². The van der Waals surface area contributed by atoms with Gasteiger partial charge in [-0.1, -0.05) is 289 Å². The molecule has 0 aliphatic carbocycles. The zero-order valence-corrected chi connectivity index (χ0v) is 51.6. The molecule has 7 unspecified atom stereocenters. The highest BCUT2D eigenvalue weighted by molar-refractivity contribution is 5.76. The monoisotopic (exact) mass is 1120 g/mol. The molecular formula is C68H129NO10. The van der Waals surface area contributed by atoms with E-state index >= 15 is 0 Å². The maximum atomic E-state index is 13.0. The van der Waals surface area contributed by atoms with Gasteiger partial charge in [0.15, 0.2) is 6.29 Å². The van der Waals surface area contributed by atoms with E-state index in [1.165, 1.54) is 250 Å². The average molecular weight is 1120 g/mol. The Labute approximate surface area is 486 Å². The summed E-state index contributed by atoms with van der Waals surface area (Å²) in [6.07, 6.45) is 61.7. The molecule has 1 fully saturated rings. The van der Waals surface area contributed by atoms with Gasteiger partial charge in [0.1, 0.15) is 24.4 Å². The van der Waals surface area contributed by atoms with Crippen LogP contribution in [0.2, 0.25) is 0 Å². The Bertz CT molecular complexity index is 1360. The molecule has 1 rings (SSSR count). The number of aliphatic hydroxyl groups excluding tert-OH is 5. The third-order valence-corrected chi connectivity index (χ3v) is 16.3. The fourth-order valence-electron chi connectivity index (χ4n) is 10.9. The van der Waals surface area contributed by atoms with E-state index in [4.69, 9.17) is 14.2 Å². The number of allylic oxidation sites excluding steroid dienone is 3. The van der Waals surface area contributed by atoms with Crippen molar-refractivity contribution in [2.45, 2.75) is 378 Å². The van der Waals surface area contributed by atoms with E-state index in [2.05, 4.69) is 31.3 Å². The van der Waals surface area contributed by atoms with Gasteiger partial charge in [-0.25, -0.2) is 0 Å². The quantitative estimate of drug-likeness (QED) is 0.0195. The second kappa shape index (κ2) is 57.9. The van der Waals surface area contributed by atoms with E-state index < -0.39 is 49.5 Å². The van der Waals surface area contributed by atoms with E-state index in [1.54, 1.807) is 6.08 Å². The fourth-order valence-corrected chi connectivity index (χ4v) is 10.9. The van der Waals surface area contributed by atoms with Crippen LogP contribution in [0.4, 0.5) is 0 Å². The minimum Gasteiger partial charge on any atom is -0.466 e. The molecule has 0 aromatic carbocycles. The van der Waals surface area contributed by atoms with Crippen LogP contribution in [0.5, 0.6) is 0 Å². The largest absolute Gasteiger partial charge is 0.466 e. The summed E-state index contributed by atoms with van der Waals surface area (Å²) in [7, 11) is 0. The molecule has 11 heteroatoms. The van der Waals surface area contributed by atoms with Gasteiger partial charge in [0.05, 0.1) is 32.0 Å². The van der Waals surface area contributed by atoms with Gasteiger partial charge in [-0.15, -0.1) is 0 Å². The first-order chi connectivity index (χ1) is 38.7. The van der Waals surface area contributed by atoms with Gasteiger partial charge in [-0.3, -0.25) is 9.59 Å². The number of esters is 1. The molecule has 6 N–H and O–H groups in total. The molecule has 1 amide bonds. The molecule has 0 aromatic rings. The van der Waals surface area contributed by atoms with Gasteiger partial charge < -0.3 is 45.1 Å². The number of rotatable bonds is 60. The summed E-state index contributed by atoms with van der Waals surface area (Å²) >= 11 is 0. The molecular weight excluding hydrogens is 991 g/mol. The number of unbranched alkanes of at least 4 members (excludes halogenated alkanes) is 44. The van der Waals surface area contributed by atoms with E-state index in [0.717, 1.165) is 57.8 Å². The first-order valence-corrected chi connectivity index (χ1v) is 34.1. The lowest BCUT2D eigenvalue weighted by Crippen LogP contribution is -2.60. The molecule has 79 heavy (non-hydrogen) atoms.